The van der Waals surface area contributed by atoms with Crippen molar-refractivity contribution < 1.29 is 4.39 Å². The number of hydrogen-bond acceptors (Lipinski definition) is 0. The van der Waals surface area contributed by atoms with E-state index in [2.05, 4.69) is 68.2 Å². The number of fused-ring (bicyclic) bond motifs is 1. The van der Waals surface area contributed by atoms with Crippen LogP contribution in [0.4, 0.5) is 4.39 Å². The predicted molar refractivity (Wildman–Crippen MR) is 144 cm³/mol. The van der Waals surface area contributed by atoms with E-state index in [1.807, 2.05) is 30.3 Å². The van der Waals surface area contributed by atoms with Gasteiger partial charge in [0.25, 0.3) is 0 Å². The molecule has 0 amide bonds. The second-order valence-electron chi connectivity index (χ2n) is 9.07. The summed E-state index contributed by atoms with van der Waals surface area (Å²) < 4.78 is 15.1. The molecule has 0 saturated carbocycles. The van der Waals surface area contributed by atoms with Crippen molar-refractivity contribution >= 4 is 10.8 Å². The summed E-state index contributed by atoms with van der Waals surface area (Å²) in [6, 6.07) is 26.9. The van der Waals surface area contributed by atoms with Crippen LogP contribution in [0.1, 0.15) is 68.2 Å². The van der Waals surface area contributed by atoms with Gasteiger partial charge in [0.1, 0.15) is 5.82 Å². The van der Waals surface area contributed by atoms with Gasteiger partial charge >= 0.3 is 0 Å². The summed E-state index contributed by atoms with van der Waals surface area (Å²) in [6.45, 7) is 4.42. The van der Waals surface area contributed by atoms with E-state index in [0.717, 1.165) is 36.6 Å². The Hall–Kier alpha value is -3.37. The van der Waals surface area contributed by atoms with Crippen molar-refractivity contribution in [3.63, 3.8) is 0 Å². The highest BCUT2D eigenvalue weighted by Gasteiger charge is 2.07. The first-order chi connectivity index (χ1) is 16.7. The fourth-order valence-corrected chi connectivity index (χ4v) is 4.30. The maximum atomic E-state index is 15.1. The molecule has 4 aromatic rings. The van der Waals surface area contributed by atoms with E-state index >= 15 is 4.39 Å². The van der Waals surface area contributed by atoms with Gasteiger partial charge in [0.15, 0.2) is 0 Å². The van der Waals surface area contributed by atoms with E-state index in [-0.39, 0.29) is 5.82 Å². The molecule has 0 aliphatic heterocycles. The Morgan fingerprint density at radius 2 is 1.26 bits per heavy atom. The van der Waals surface area contributed by atoms with Gasteiger partial charge in [-0.1, -0.05) is 106 Å². The number of halogens is 1. The Bertz CT molecular complexity index is 1280. The smallest absolute Gasteiger partial charge is 0.146 e. The minimum absolute atomic E-state index is 0.234. The van der Waals surface area contributed by atoms with Crippen LogP contribution in [0.5, 0.6) is 0 Å². The van der Waals surface area contributed by atoms with E-state index in [1.54, 1.807) is 6.07 Å². The maximum absolute atomic E-state index is 15.1. The van der Waals surface area contributed by atoms with Crippen LogP contribution in [0.3, 0.4) is 0 Å². The van der Waals surface area contributed by atoms with Crippen LogP contribution in [-0.2, 0) is 12.8 Å². The highest BCUT2D eigenvalue weighted by Crippen LogP contribution is 2.24. The summed E-state index contributed by atoms with van der Waals surface area (Å²) in [5, 5.41) is 1.58. The molecule has 0 aliphatic rings. The molecule has 4 aromatic carbocycles. The maximum Gasteiger partial charge on any atom is 0.146 e. The van der Waals surface area contributed by atoms with Crippen LogP contribution in [0.15, 0.2) is 78.9 Å². The van der Waals surface area contributed by atoms with Crippen LogP contribution in [0.2, 0.25) is 0 Å². The average Bonchev–Trinajstić information content (AvgIpc) is 2.88. The Morgan fingerprint density at radius 3 is 1.97 bits per heavy atom. The van der Waals surface area contributed by atoms with Gasteiger partial charge in [0.05, 0.1) is 5.56 Å². The van der Waals surface area contributed by atoms with Gasteiger partial charge in [-0.25, -0.2) is 4.39 Å². The van der Waals surface area contributed by atoms with Gasteiger partial charge in [-0.05, 0) is 71.5 Å². The summed E-state index contributed by atoms with van der Waals surface area (Å²) in [6.07, 6.45) is 8.28. The summed E-state index contributed by atoms with van der Waals surface area (Å²) in [7, 11) is 0. The topological polar surface area (TPSA) is 0 Å². The van der Waals surface area contributed by atoms with E-state index in [4.69, 9.17) is 0 Å². The summed E-state index contributed by atoms with van der Waals surface area (Å²) in [5.74, 6) is 5.93. The molecule has 0 bridgehead atoms. The molecule has 34 heavy (non-hydrogen) atoms. The molecule has 0 spiro atoms. The molecule has 0 nitrogen and oxygen atoms in total. The number of hydrogen-bond donors (Lipinski definition) is 0. The third-order valence-corrected chi connectivity index (χ3v) is 6.42. The van der Waals surface area contributed by atoms with Crippen molar-refractivity contribution in [1.29, 1.82) is 0 Å². The standard InChI is InChI=1S/C33H33F/c1-3-5-7-9-25-10-16-28(17-11-25)29-18-12-26(13-19-29)14-20-30-21-22-31-24-27(8-6-4-2)15-23-32(31)33(30)34/h10-13,15-19,21-24H,3-9H2,1-2H3. The molecule has 0 aliphatic carbocycles. The van der Waals surface area contributed by atoms with Crippen LogP contribution in [0, 0.1) is 17.7 Å². The molecule has 172 valence electrons. The fraction of sp³-hybridized carbons (Fsp3) is 0.273. The molecule has 0 unspecified atom stereocenters. The average molecular weight is 449 g/mol. The predicted octanol–water partition coefficient (Wildman–Crippen LogP) is 9.12. The van der Waals surface area contributed by atoms with Gasteiger partial charge in [0.2, 0.25) is 0 Å². The molecule has 0 heterocycles. The second-order valence-corrected chi connectivity index (χ2v) is 9.07. The Labute approximate surface area is 203 Å². The molecule has 0 atom stereocenters. The lowest BCUT2D eigenvalue weighted by Gasteiger charge is -2.06. The molecule has 0 N–H and O–H groups in total. The Morgan fingerprint density at radius 1 is 0.618 bits per heavy atom. The monoisotopic (exact) mass is 448 g/mol. The SMILES string of the molecule is CCCCCc1ccc(-c2ccc(C#Cc3ccc4cc(CCCC)ccc4c3F)cc2)cc1. The van der Waals surface area contributed by atoms with Crippen molar-refractivity contribution in [2.75, 3.05) is 0 Å². The largest absolute Gasteiger partial charge is 0.205 e. The normalized spacial score (nSPS) is 10.8. The number of rotatable bonds is 8. The zero-order valence-corrected chi connectivity index (χ0v) is 20.3. The molecule has 1 heteroatoms. The third kappa shape index (κ3) is 5.95. The van der Waals surface area contributed by atoms with Crippen molar-refractivity contribution in [2.45, 2.75) is 58.8 Å². The molecule has 0 fully saturated rings. The summed E-state index contributed by atoms with van der Waals surface area (Å²) >= 11 is 0. The Kier molecular flexibility index (Phi) is 8.16. The van der Waals surface area contributed by atoms with Crippen molar-refractivity contribution in [2.24, 2.45) is 0 Å². The molecular weight excluding hydrogens is 415 g/mol. The lowest BCUT2D eigenvalue weighted by Crippen LogP contribution is -1.90. The van der Waals surface area contributed by atoms with E-state index in [0.29, 0.717) is 10.9 Å². The summed E-state index contributed by atoms with van der Waals surface area (Å²) in [4.78, 5) is 0. The zero-order valence-electron chi connectivity index (χ0n) is 20.3. The van der Waals surface area contributed by atoms with Crippen molar-refractivity contribution in [1.82, 2.24) is 0 Å². The van der Waals surface area contributed by atoms with Gasteiger partial charge in [0, 0.05) is 10.9 Å². The second kappa shape index (κ2) is 11.7. The molecule has 0 saturated heterocycles. The van der Waals surface area contributed by atoms with Crippen molar-refractivity contribution in [3.05, 3.63) is 107 Å². The molecule has 4 rings (SSSR count). The van der Waals surface area contributed by atoms with Gasteiger partial charge < -0.3 is 0 Å². The van der Waals surface area contributed by atoms with Crippen LogP contribution < -0.4 is 0 Å². The third-order valence-electron chi connectivity index (χ3n) is 6.42. The van der Waals surface area contributed by atoms with E-state index < -0.39 is 0 Å². The van der Waals surface area contributed by atoms with E-state index in [9.17, 15) is 0 Å². The van der Waals surface area contributed by atoms with E-state index in [1.165, 1.54) is 41.5 Å². The van der Waals surface area contributed by atoms with Crippen LogP contribution >= 0.6 is 0 Å². The molecule has 0 radical (unpaired) electrons. The number of benzene rings is 4. The highest BCUT2D eigenvalue weighted by atomic mass is 19.1. The molecule has 0 aromatic heterocycles. The van der Waals surface area contributed by atoms with Gasteiger partial charge in [-0.3, -0.25) is 0 Å². The number of unbranched alkanes of at least 4 members (excludes halogenated alkanes) is 3. The first kappa shape index (κ1) is 23.8. The quantitative estimate of drug-likeness (QED) is 0.186. The minimum atomic E-state index is -0.234. The lowest BCUT2D eigenvalue weighted by atomic mass is 10.00. The number of aryl methyl sites for hydroxylation is 2. The fourth-order valence-electron chi connectivity index (χ4n) is 4.30. The Balaban J connectivity index is 1.47. The molecular formula is C33H33F. The lowest BCUT2D eigenvalue weighted by molar-refractivity contribution is 0.636. The summed E-state index contributed by atoms with van der Waals surface area (Å²) in [5.41, 5.74) is 6.36. The van der Waals surface area contributed by atoms with Gasteiger partial charge in [-0.2, -0.15) is 0 Å². The first-order valence-electron chi connectivity index (χ1n) is 12.6. The van der Waals surface area contributed by atoms with Crippen molar-refractivity contribution in [3.8, 4) is 23.0 Å². The zero-order chi connectivity index (χ0) is 23.8. The first-order valence-corrected chi connectivity index (χ1v) is 12.6. The minimum Gasteiger partial charge on any atom is -0.205 e. The van der Waals surface area contributed by atoms with Crippen LogP contribution in [0.25, 0.3) is 21.9 Å². The highest BCUT2D eigenvalue weighted by molar-refractivity contribution is 5.85. The van der Waals surface area contributed by atoms with Crippen LogP contribution in [-0.4, -0.2) is 0 Å². The van der Waals surface area contributed by atoms with Gasteiger partial charge in [-0.15, -0.1) is 0 Å².